The molecule has 0 unspecified atom stereocenters. The summed E-state index contributed by atoms with van der Waals surface area (Å²) >= 11 is 1.33. The topological polar surface area (TPSA) is 42.4 Å². The van der Waals surface area contributed by atoms with Crippen LogP contribution in [0.1, 0.15) is 17.7 Å². The number of hydrogen-bond acceptors (Lipinski definition) is 3. The van der Waals surface area contributed by atoms with Crippen molar-refractivity contribution in [2.75, 3.05) is 0 Å². The minimum Gasteiger partial charge on any atom is -0.403 e. The maximum atomic E-state index is 12.3. The molecule has 0 aliphatic carbocycles. The molecule has 96 valence electrons. The lowest BCUT2D eigenvalue weighted by atomic mass is 10.2. The molecule has 0 aliphatic rings. The van der Waals surface area contributed by atoms with Crippen molar-refractivity contribution in [2.24, 2.45) is 0 Å². The van der Waals surface area contributed by atoms with Crippen molar-refractivity contribution in [2.45, 2.75) is 19.4 Å². The van der Waals surface area contributed by atoms with Gasteiger partial charge in [0.1, 0.15) is 9.39 Å². The van der Waals surface area contributed by atoms with Gasteiger partial charge in [0.05, 0.1) is 6.61 Å². The van der Waals surface area contributed by atoms with Gasteiger partial charge in [-0.25, -0.2) is 13.8 Å². The van der Waals surface area contributed by atoms with E-state index in [1.165, 1.54) is 22.6 Å². The van der Waals surface area contributed by atoms with Crippen LogP contribution >= 0.6 is 22.6 Å². The lowest BCUT2D eigenvalue weighted by Gasteiger charge is -2.14. The number of ether oxygens (including phenoxy) is 1. The molecular formula is C8H5F5INO2. The summed E-state index contributed by atoms with van der Waals surface area (Å²) in [6, 6.07) is 0.675. The Morgan fingerprint density at radius 1 is 1.41 bits per heavy atom. The standard InChI is InChI=1S/C8H5F5INO2/c9-6(10)4-1-3(2-16)5(7(14)15-4)17-8(11,12)13/h1,6,16H,2H2. The molecule has 0 atom stereocenters. The summed E-state index contributed by atoms with van der Waals surface area (Å²) in [6.07, 6.45) is -7.91. The highest BCUT2D eigenvalue weighted by molar-refractivity contribution is 14.1. The Kier molecular flexibility index (Phi) is 4.47. The number of nitrogens with zero attached hydrogens (tertiary/aromatic N) is 1. The van der Waals surface area contributed by atoms with Crippen LogP contribution in [0.2, 0.25) is 0 Å². The number of halogens is 6. The Morgan fingerprint density at radius 3 is 2.41 bits per heavy atom. The van der Waals surface area contributed by atoms with Gasteiger partial charge in [0.15, 0.2) is 5.75 Å². The molecule has 0 amide bonds. The van der Waals surface area contributed by atoms with Crippen molar-refractivity contribution in [3.05, 3.63) is 21.0 Å². The molecule has 1 aromatic rings. The van der Waals surface area contributed by atoms with Gasteiger partial charge in [-0.15, -0.1) is 13.2 Å². The van der Waals surface area contributed by atoms with E-state index < -0.39 is 36.4 Å². The van der Waals surface area contributed by atoms with Gasteiger partial charge in [-0.2, -0.15) is 0 Å². The average molecular weight is 369 g/mol. The van der Waals surface area contributed by atoms with Crippen LogP contribution in [0.5, 0.6) is 5.75 Å². The van der Waals surface area contributed by atoms with Gasteiger partial charge < -0.3 is 9.84 Å². The van der Waals surface area contributed by atoms with Crippen molar-refractivity contribution in [1.82, 2.24) is 4.98 Å². The molecule has 3 nitrogen and oxygen atoms in total. The van der Waals surface area contributed by atoms with Crippen molar-refractivity contribution in [3.63, 3.8) is 0 Å². The van der Waals surface area contributed by atoms with Crippen LogP contribution in [0.25, 0.3) is 0 Å². The van der Waals surface area contributed by atoms with Crippen molar-refractivity contribution in [3.8, 4) is 5.75 Å². The second-order valence-corrected chi connectivity index (χ2v) is 3.85. The highest BCUT2D eigenvalue weighted by atomic mass is 127. The maximum absolute atomic E-state index is 12.3. The SMILES string of the molecule is OCc1cc(C(F)F)nc(I)c1OC(F)(F)F. The molecule has 0 bridgehead atoms. The summed E-state index contributed by atoms with van der Waals surface area (Å²) in [4.78, 5) is 3.27. The number of pyridine rings is 1. The van der Waals surface area contributed by atoms with Gasteiger partial charge >= 0.3 is 6.36 Å². The van der Waals surface area contributed by atoms with E-state index in [2.05, 4.69) is 9.72 Å². The lowest BCUT2D eigenvalue weighted by molar-refractivity contribution is -0.275. The molecule has 0 fully saturated rings. The largest absolute Gasteiger partial charge is 0.573 e. The van der Waals surface area contributed by atoms with Crippen LogP contribution in [-0.4, -0.2) is 16.5 Å². The number of alkyl halides is 5. The highest BCUT2D eigenvalue weighted by Crippen LogP contribution is 2.32. The molecule has 0 radical (unpaired) electrons. The van der Waals surface area contributed by atoms with Crippen LogP contribution in [0, 0.1) is 3.70 Å². The summed E-state index contributed by atoms with van der Waals surface area (Å²) in [5, 5.41) is 8.82. The Hall–Kier alpha value is -0.710. The van der Waals surface area contributed by atoms with Crippen molar-refractivity contribution in [1.29, 1.82) is 0 Å². The molecule has 1 heterocycles. The Balaban J connectivity index is 3.21. The van der Waals surface area contributed by atoms with Crippen LogP contribution in [-0.2, 0) is 6.61 Å². The fourth-order valence-electron chi connectivity index (χ4n) is 1.03. The maximum Gasteiger partial charge on any atom is 0.573 e. The fourth-order valence-corrected chi connectivity index (χ4v) is 1.76. The minimum absolute atomic E-state index is 0.387. The first kappa shape index (κ1) is 14.4. The monoisotopic (exact) mass is 369 g/mol. The van der Waals surface area contributed by atoms with E-state index in [9.17, 15) is 22.0 Å². The van der Waals surface area contributed by atoms with E-state index in [1.54, 1.807) is 0 Å². The highest BCUT2D eigenvalue weighted by Gasteiger charge is 2.34. The predicted octanol–water partition coefficient (Wildman–Crippen LogP) is 3.01. The van der Waals surface area contributed by atoms with Crippen LogP contribution in [0.4, 0.5) is 22.0 Å². The summed E-state index contributed by atoms with van der Waals surface area (Å²) in [6.45, 7) is -0.857. The van der Waals surface area contributed by atoms with Gasteiger partial charge in [-0.05, 0) is 28.7 Å². The van der Waals surface area contributed by atoms with E-state index in [4.69, 9.17) is 5.11 Å². The molecule has 1 N–H and O–H groups in total. The molecule has 1 aromatic heterocycles. The van der Waals surface area contributed by atoms with Gasteiger partial charge in [-0.1, -0.05) is 0 Å². The van der Waals surface area contributed by atoms with Gasteiger partial charge in [0.2, 0.25) is 0 Å². The first-order valence-electron chi connectivity index (χ1n) is 4.08. The summed E-state index contributed by atoms with van der Waals surface area (Å²) in [5.74, 6) is -0.759. The molecule has 0 spiro atoms. The second kappa shape index (κ2) is 5.29. The molecule has 0 aliphatic heterocycles. The quantitative estimate of drug-likeness (QED) is 0.506. The van der Waals surface area contributed by atoms with Crippen LogP contribution in [0.15, 0.2) is 6.07 Å². The van der Waals surface area contributed by atoms with Crippen molar-refractivity contribution >= 4 is 22.6 Å². The van der Waals surface area contributed by atoms with E-state index in [1.807, 2.05) is 0 Å². The van der Waals surface area contributed by atoms with E-state index in [0.29, 0.717) is 6.07 Å². The van der Waals surface area contributed by atoms with Gasteiger partial charge in [0.25, 0.3) is 6.43 Å². The third kappa shape index (κ3) is 3.91. The normalized spacial score (nSPS) is 12.0. The minimum atomic E-state index is -4.97. The summed E-state index contributed by atoms with van der Waals surface area (Å²) in [7, 11) is 0. The predicted molar refractivity (Wildman–Crippen MR) is 54.5 cm³/mol. The molecule has 1 rings (SSSR count). The number of aliphatic hydroxyl groups excluding tert-OH is 1. The zero-order valence-electron chi connectivity index (χ0n) is 7.93. The third-order valence-electron chi connectivity index (χ3n) is 1.64. The number of hydrogen-bond donors (Lipinski definition) is 1. The molecule has 0 aromatic carbocycles. The first-order chi connectivity index (χ1) is 7.74. The first-order valence-corrected chi connectivity index (χ1v) is 5.16. The Morgan fingerprint density at radius 2 is 2.00 bits per heavy atom. The van der Waals surface area contributed by atoms with Crippen LogP contribution < -0.4 is 4.74 Å². The molecular weight excluding hydrogens is 364 g/mol. The number of aliphatic hydroxyl groups is 1. The molecule has 9 heteroatoms. The zero-order valence-corrected chi connectivity index (χ0v) is 10.1. The van der Waals surface area contributed by atoms with E-state index >= 15 is 0 Å². The van der Waals surface area contributed by atoms with Crippen molar-refractivity contribution < 1.29 is 31.8 Å². The second-order valence-electron chi connectivity index (χ2n) is 2.83. The third-order valence-corrected chi connectivity index (χ3v) is 2.37. The fraction of sp³-hybridized carbons (Fsp3) is 0.375. The van der Waals surface area contributed by atoms with Gasteiger partial charge in [0, 0.05) is 5.56 Å². The summed E-state index contributed by atoms with van der Waals surface area (Å²) < 4.78 is 63.9. The average Bonchev–Trinajstić information content (AvgIpc) is 2.18. The number of rotatable bonds is 3. The van der Waals surface area contributed by atoms with Gasteiger partial charge in [-0.3, -0.25) is 0 Å². The smallest absolute Gasteiger partial charge is 0.403 e. The molecule has 0 saturated heterocycles. The van der Waals surface area contributed by atoms with E-state index in [0.717, 1.165) is 0 Å². The lowest BCUT2D eigenvalue weighted by Crippen LogP contribution is -2.19. The molecule has 17 heavy (non-hydrogen) atoms. The number of aromatic nitrogens is 1. The zero-order chi connectivity index (χ0) is 13.2. The van der Waals surface area contributed by atoms with E-state index in [-0.39, 0.29) is 3.70 Å². The molecule has 0 saturated carbocycles. The Labute approximate surface area is 106 Å². The Bertz CT molecular complexity index is 410. The van der Waals surface area contributed by atoms with Crippen LogP contribution in [0.3, 0.4) is 0 Å². The summed E-state index contributed by atoms with van der Waals surface area (Å²) in [5.41, 5.74) is -1.11.